The van der Waals surface area contributed by atoms with Crippen LogP contribution in [-0.4, -0.2) is 30.7 Å². The van der Waals surface area contributed by atoms with Gasteiger partial charge in [0, 0.05) is 19.1 Å². The highest BCUT2D eigenvalue weighted by Crippen LogP contribution is 2.14. The van der Waals surface area contributed by atoms with Crippen molar-refractivity contribution in [2.45, 2.75) is 19.5 Å². The van der Waals surface area contributed by atoms with E-state index in [0.717, 1.165) is 12.1 Å². The molecule has 0 aliphatic carbocycles. The largest absolute Gasteiger partial charge is 0.379 e. The Morgan fingerprint density at radius 3 is 3.06 bits per heavy atom. The Hall–Kier alpha value is -1.44. The fourth-order valence-electron chi connectivity index (χ4n) is 2.04. The Morgan fingerprint density at radius 2 is 2.35 bits per heavy atom. The first-order valence-corrected chi connectivity index (χ1v) is 5.70. The number of ether oxygens (including phenoxy) is 1. The van der Waals surface area contributed by atoms with E-state index < -0.39 is 0 Å². The van der Waals surface area contributed by atoms with Crippen molar-refractivity contribution in [2.75, 3.05) is 19.8 Å². The van der Waals surface area contributed by atoms with Crippen LogP contribution < -0.4 is 0 Å². The van der Waals surface area contributed by atoms with Crippen LogP contribution in [0.3, 0.4) is 0 Å². The lowest BCUT2D eigenvalue weighted by molar-refractivity contribution is -0.00440. The van der Waals surface area contributed by atoms with Crippen molar-refractivity contribution in [3.8, 4) is 6.07 Å². The number of hydrogen-bond acceptors (Lipinski definition) is 3. The van der Waals surface area contributed by atoms with Gasteiger partial charge in [0.2, 0.25) is 0 Å². The van der Waals surface area contributed by atoms with Crippen molar-refractivity contribution in [1.29, 1.82) is 5.26 Å². The molecule has 1 fully saturated rings. The lowest BCUT2D eigenvalue weighted by Gasteiger charge is -2.33. The molecule has 1 aliphatic heterocycles. The molecule has 1 heterocycles. The van der Waals surface area contributed by atoms with Gasteiger partial charge in [0.15, 0.2) is 0 Å². The molecule has 0 spiro atoms. The number of benzene rings is 1. The Balaban J connectivity index is 2.12. The smallest absolute Gasteiger partial charge is 0.124 e. The van der Waals surface area contributed by atoms with Gasteiger partial charge in [-0.3, -0.25) is 4.90 Å². The van der Waals surface area contributed by atoms with Crippen molar-refractivity contribution in [3.05, 3.63) is 35.1 Å². The van der Waals surface area contributed by atoms with Crippen LogP contribution in [0.2, 0.25) is 0 Å². The van der Waals surface area contributed by atoms with E-state index in [1.54, 1.807) is 6.07 Å². The summed E-state index contributed by atoms with van der Waals surface area (Å²) >= 11 is 0. The molecule has 1 aromatic rings. The minimum Gasteiger partial charge on any atom is -0.379 e. The van der Waals surface area contributed by atoms with E-state index in [9.17, 15) is 4.39 Å². The normalized spacial score (nSPS) is 21.1. The van der Waals surface area contributed by atoms with Crippen LogP contribution in [-0.2, 0) is 11.3 Å². The van der Waals surface area contributed by atoms with Crippen molar-refractivity contribution in [1.82, 2.24) is 4.90 Å². The minimum atomic E-state index is -0.347. The molecule has 1 unspecified atom stereocenters. The number of halogens is 1. The second-order valence-corrected chi connectivity index (χ2v) is 4.35. The number of rotatable bonds is 2. The van der Waals surface area contributed by atoms with Gasteiger partial charge in [0.1, 0.15) is 5.82 Å². The van der Waals surface area contributed by atoms with Crippen LogP contribution in [0.1, 0.15) is 18.1 Å². The van der Waals surface area contributed by atoms with E-state index in [1.807, 2.05) is 6.07 Å². The molecule has 4 heteroatoms. The zero-order chi connectivity index (χ0) is 12.3. The van der Waals surface area contributed by atoms with Gasteiger partial charge in [-0.25, -0.2) is 4.39 Å². The summed E-state index contributed by atoms with van der Waals surface area (Å²) in [5.41, 5.74) is 1.22. The predicted molar refractivity (Wildman–Crippen MR) is 61.8 cm³/mol. The van der Waals surface area contributed by atoms with Gasteiger partial charge in [0.05, 0.1) is 24.8 Å². The van der Waals surface area contributed by atoms with Gasteiger partial charge >= 0.3 is 0 Å². The zero-order valence-electron chi connectivity index (χ0n) is 9.82. The van der Waals surface area contributed by atoms with Crippen LogP contribution >= 0.6 is 0 Å². The Labute approximate surface area is 100 Å². The van der Waals surface area contributed by atoms with Gasteiger partial charge in [0.25, 0.3) is 0 Å². The monoisotopic (exact) mass is 234 g/mol. The maximum Gasteiger partial charge on any atom is 0.124 e. The summed E-state index contributed by atoms with van der Waals surface area (Å²) in [5.74, 6) is -0.347. The molecule has 17 heavy (non-hydrogen) atoms. The molecule has 0 amide bonds. The lowest BCUT2D eigenvalue weighted by atomic mass is 10.1. The molecule has 0 saturated carbocycles. The predicted octanol–water partition coefficient (Wildman–Crippen LogP) is 1.92. The van der Waals surface area contributed by atoms with Gasteiger partial charge in [-0.15, -0.1) is 0 Å². The average Bonchev–Trinajstić information content (AvgIpc) is 2.31. The molecule has 1 aliphatic rings. The molecule has 1 saturated heterocycles. The third-order valence-corrected chi connectivity index (χ3v) is 2.98. The van der Waals surface area contributed by atoms with E-state index >= 15 is 0 Å². The number of nitrogens with zero attached hydrogens (tertiary/aromatic N) is 2. The Kier molecular flexibility index (Phi) is 3.72. The minimum absolute atomic E-state index is 0.331. The first-order chi connectivity index (χ1) is 8.19. The molecule has 1 atom stereocenters. The average molecular weight is 234 g/mol. The highest BCUT2D eigenvalue weighted by atomic mass is 19.1. The molecule has 3 nitrogen and oxygen atoms in total. The topological polar surface area (TPSA) is 36.3 Å². The third kappa shape index (κ3) is 3.02. The second-order valence-electron chi connectivity index (χ2n) is 4.35. The standard InChI is InChI=1S/C13H15FN2O/c1-10-9-17-3-2-16(10)8-12-4-11(7-15)5-13(14)6-12/h4-6,10H,2-3,8-9H2,1H3. The maximum absolute atomic E-state index is 13.3. The first kappa shape index (κ1) is 12.0. The van der Waals surface area contributed by atoms with Crippen LogP contribution in [0.25, 0.3) is 0 Å². The van der Waals surface area contributed by atoms with E-state index in [2.05, 4.69) is 11.8 Å². The number of morpholine rings is 1. The second kappa shape index (κ2) is 5.26. The summed E-state index contributed by atoms with van der Waals surface area (Å²) in [6.45, 7) is 5.02. The van der Waals surface area contributed by atoms with Gasteiger partial charge in [-0.05, 0) is 30.7 Å². The van der Waals surface area contributed by atoms with E-state index in [0.29, 0.717) is 31.4 Å². The molecule has 0 bridgehead atoms. The Bertz CT molecular complexity index is 442. The lowest BCUT2D eigenvalue weighted by Crippen LogP contribution is -2.42. The van der Waals surface area contributed by atoms with Gasteiger partial charge in [-0.1, -0.05) is 0 Å². The maximum atomic E-state index is 13.3. The van der Waals surface area contributed by atoms with Crippen molar-refractivity contribution in [3.63, 3.8) is 0 Å². The van der Waals surface area contributed by atoms with E-state index in [4.69, 9.17) is 10.00 Å². The van der Waals surface area contributed by atoms with Crippen molar-refractivity contribution >= 4 is 0 Å². The highest BCUT2D eigenvalue weighted by molar-refractivity contribution is 5.33. The molecule has 1 aromatic carbocycles. The fourth-order valence-corrected chi connectivity index (χ4v) is 2.04. The molecule has 0 N–H and O–H groups in total. The molecule has 0 aromatic heterocycles. The quantitative estimate of drug-likeness (QED) is 0.784. The summed E-state index contributed by atoms with van der Waals surface area (Å²) in [6.07, 6.45) is 0. The van der Waals surface area contributed by atoms with Crippen molar-refractivity contribution in [2.24, 2.45) is 0 Å². The van der Waals surface area contributed by atoms with Crippen LogP contribution in [0.4, 0.5) is 4.39 Å². The molecular formula is C13H15FN2O. The van der Waals surface area contributed by atoms with Crippen molar-refractivity contribution < 1.29 is 9.13 Å². The highest BCUT2D eigenvalue weighted by Gasteiger charge is 2.18. The van der Waals surface area contributed by atoms with Gasteiger partial charge < -0.3 is 4.74 Å². The van der Waals surface area contributed by atoms with Crippen LogP contribution in [0.5, 0.6) is 0 Å². The molecule has 90 valence electrons. The summed E-state index contributed by atoms with van der Waals surface area (Å²) in [7, 11) is 0. The molecular weight excluding hydrogens is 219 g/mol. The SMILES string of the molecule is CC1COCCN1Cc1cc(F)cc(C#N)c1. The van der Waals surface area contributed by atoms with E-state index in [-0.39, 0.29) is 5.82 Å². The van der Waals surface area contributed by atoms with Crippen LogP contribution in [0.15, 0.2) is 18.2 Å². The first-order valence-electron chi connectivity index (χ1n) is 5.70. The van der Waals surface area contributed by atoms with Crippen LogP contribution in [0, 0.1) is 17.1 Å². The zero-order valence-corrected chi connectivity index (χ0v) is 9.82. The molecule has 2 rings (SSSR count). The summed E-state index contributed by atoms with van der Waals surface area (Å²) in [5, 5.41) is 8.79. The summed E-state index contributed by atoms with van der Waals surface area (Å²) < 4.78 is 18.6. The Morgan fingerprint density at radius 1 is 1.53 bits per heavy atom. The number of hydrogen-bond donors (Lipinski definition) is 0. The number of nitriles is 1. The van der Waals surface area contributed by atoms with E-state index in [1.165, 1.54) is 12.1 Å². The van der Waals surface area contributed by atoms with Gasteiger partial charge in [-0.2, -0.15) is 5.26 Å². The molecule has 0 radical (unpaired) electrons. The third-order valence-electron chi connectivity index (χ3n) is 2.98. The fraction of sp³-hybridized carbons (Fsp3) is 0.462. The summed E-state index contributed by atoms with van der Waals surface area (Å²) in [4.78, 5) is 2.24. The summed E-state index contributed by atoms with van der Waals surface area (Å²) in [6, 6.07) is 6.79.